The van der Waals surface area contributed by atoms with Crippen molar-refractivity contribution in [3.05, 3.63) is 47.5 Å². The predicted octanol–water partition coefficient (Wildman–Crippen LogP) is 3.33. The van der Waals surface area contributed by atoms with Crippen LogP contribution in [-0.2, 0) is 14.4 Å². The molecule has 5 nitrogen and oxygen atoms in total. The number of amides is 3. The number of carbonyl (C=O) groups excluding carboxylic acids is 3. The molecular weight excluding hydrogens is 340 g/mol. The Morgan fingerprint density at radius 1 is 1.00 bits per heavy atom. The van der Waals surface area contributed by atoms with E-state index in [0.717, 1.165) is 42.7 Å². The highest BCUT2D eigenvalue weighted by Gasteiger charge is 2.49. The molecule has 1 aromatic rings. The number of rotatable bonds is 3. The summed E-state index contributed by atoms with van der Waals surface area (Å²) in [4.78, 5) is 38.4. The first-order chi connectivity index (χ1) is 13.1. The molecule has 0 aromatic heterocycles. The second kappa shape index (κ2) is 7.29. The monoisotopic (exact) mass is 366 g/mol. The Bertz CT molecular complexity index is 762. The highest BCUT2D eigenvalue weighted by molar-refractivity contribution is 6.06. The Labute approximate surface area is 159 Å². The van der Waals surface area contributed by atoms with E-state index in [1.807, 2.05) is 30.3 Å². The summed E-state index contributed by atoms with van der Waals surface area (Å²) >= 11 is 0. The molecule has 4 atom stereocenters. The van der Waals surface area contributed by atoms with Gasteiger partial charge < -0.3 is 0 Å². The van der Waals surface area contributed by atoms with Gasteiger partial charge in [-0.25, -0.2) is 0 Å². The molecule has 0 spiro atoms. The fourth-order valence-corrected chi connectivity index (χ4v) is 4.87. The number of hydrogen-bond acceptors (Lipinski definition) is 3. The van der Waals surface area contributed by atoms with Crippen LogP contribution in [0.5, 0.6) is 0 Å². The lowest BCUT2D eigenvalue weighted by Crippen LogP contribution is -2.49. The normalized spacial score (nSPS) is 30.7. The Morgan fingerprint density at radius 3 is 2.26 bits per heavy atom. The molecule has 0 radical (unpaired) electrons. The van der Waals surface area contributed by atoms with Gasteiger partial charge in [-0.1, -0.05) is 54.8 Å². The number of nitrogens with zero attached hydrogens (tertiary/aromatic N) is 1. The molecule has 1 heterocycles. The average Bonchev–Trinajstić information content (AvgIpc) is 2.94. The van der Waals surface area contributed by atoms with Crippen LogP contribution >= 0.6 is 0 Å². The summed E-state index contributed by atoms with van der Waals surface area (Å²) in [6.45, 7) is 2.09. The van der Waals surface area contributed by atoms with Crippen molar-refractivity contribution in [2.24, 2.45) is 17.8 Å². The second-order valence-electron chi connectivity index (χ2n) is 8.10. The summed E-state index contributed by atoms with van der Waals surface area (Å²) in [6.07, 6.45) is 6.99. The fraction of sp³-hybridized carbons (Fsp3) is 0.500. The van der Waals surface area contributed by atoms with Gasteiger partial charge in [-0.2, -0.15) is 5.01 Å². The van der Waals surface area contributed by atoms with Crippen LogP contribution in [-0.4, -0.2) is 22.7 Å². The van der Waals surface area contributed by atoms with Gasteiger partial charge in [0.15, 0.2) is 0 Å². The van der Waals surface area contributed by atoms with Crippen molar-refractivity contribution in [1.29, 1.82) is 0 Å². The molecule has 4 rings (SSSR count). The summed E-state index contributed by atoms with van der Waals surface area (Å²) in [5.41, 5.74) is 5.08. The molecule has 2 fully saturated rings. The Balaban J connectivity index is 1.53. The quantitative estimate of drug-likeness (QED) is 0.659. The summed E-state index contributed by atoms with van der Waals surface area (Å²) in [7, 11) is 0. The largest absolute Gasteiger partial charge is 0.273 e. The molecule has 3 amide bonds. The molecule has 2 aliphatic carbocycles. The highest BCUT2D eigenvalue weighted by Crippen LogP contribution is 2.39. The molecule has 1 saturated carbocycles. The molecule has 1 aromatic carbocycles. The van der Waals surface area contributed by atoms with Crippen molar-refractivity contribution in [2.45, 2.75) is 51.4 Å². The average molecular weight is 366 g/mol. The minimum absolute atomic E-state index is 0.0614. The van der Waals surface area contributed by atoms with E-state index in [2.05, 4.69) is 18.4 Å². The number of benzene rings is 1. The van der Waals surface area contributed by atoms with Gasteiger partial charge in [-0.05, 0) is 44.1 Å². The van der Waals surface area contributed by atoms with Crippen LogP contribution in [0.1, 0.15) is 56.9 Å². The van der Waals surface area contributed by atoms with Crippen molar-refractivity contribution in [3.63, 3.8) is 0 Å². The molecule has 3 aliphatic rings. The van der Waals surface area contributed by atoms with Crippen LogP contribution in [0.3, 0.4) is 0 Å². The second-order valence-corrected chi connectivity index (χ2v) is 8.10. The van der Waals surface area contributed by atoms with E-state index < -0.39 is 0 Å². The molecule has 1 saturated heterocycles. The zero-order valence-electron chi connectivity index (χ0n) is 15.7. The first kappa shape index (κ1) is 18.0. The molecule has 142 valence electrons. The lowest BCUT2D eigenvalue weighted by atomic mass is 9.75. The molecule has 0 bridgehead atoms. The van der Waals surface area contributed by atoms with Gasteiger partial charge in [-0.15, -0.1) is 0 Å². The van der Waals surface area contributed by atoms with Gasteiger partial charge in [0, 0.05) is 0 Å². The Kier molecular flexibility index (Phi) is 4.85. The number of hydrazine groups is 1. The van der Waals surface area contributed by atoms with Gasteiger partial charge in [0.25, 0.3) is 11.8 Å². The minimum atomic E-state index is -0.278. The standard InChI is InChI=1S/C22H26N2O3/c1-14-11-12-16(19(13-14)15-7-3-2-4-8-15)20(25)23-24-21(26)17-9-5-6-10-18(17)22(24)27/h2-4,7-8,11,16-19H,5-6,9-10,12-13H2,1H3,(H,23,25). The first-order valence-electron chi connectivity index (χ1n) is 9.95. The van der Waals surface area contributed by atoms with E-state index >= 15 is 0 Å². The molecular formula is C22H26N2O3. The highest BCUT2D eigenvalue weighted by atomic mass is 16.2. The SMILES string of the molecule is CC1=CCC(C(=O)NN2C(=O)C3CCCCC3C2=O)C(c2ccccc2)C1. The third kappa shape index (κ3) is 3.31. The maximum Gasteiger partial charge on any atom is 0.252 e. The van der Waals surface area contributed by atoms with Crippen LogP contribution < -0.4 is 5.43 Å². The summed E-state index contributed by atoms with van der Waals surface area (Å²) < 4.78 is 0. The molecule has 1 aliphatic heterocycles. The fourth-order valence-electron chi connectivity index (χ4n) is 4.87. The molecule has 4 unspecified atom stereocenters. The lowest BCUT2D eigenvalue weighted by molar-refractivity contribution is -0.150. The van der Waals surface area contributed by atoms with Gasteiger partial charge in [0.2, 0.25) is 5.91 Å². The minimum Gasteiger partial charge on any atom is -0.273 e. The van der Waals surface area contributed by atoms with E-state index in [-0.39, 0.29) is 41.4 Å². The Hall–Kier alpha value is -2.43. The van der Waals surface area contributed by atoms with Crippen LogP contribution in [0.2, 0.25) is 0 Å². The smallest absolute Gasteiger partial charge is 0.252 e. The van der Waals surface area contributed by atoms with Gasteiger partial charge in [0.1, 0.15) is 0 Å². The predicted molar refractivity (Wildman–Crippen MR) is 101 cm³/mol. The zero-order valence-corrected chi connectivity index (χ0v) is 15.7. The summed E-state index contributed by atoms with van der Waals surface area (Å²) in [5, 5.41) is 1.02. The number of allylic oxidation sites excluding steroid dienone is 2. The lowest BCUT2D eigenvalue weighted by Gasteiger charge is -2.31. The number of fused-ring (bicyclic) bond motifs is 1. The molecule has 5 heteroatoms. The van der Waals surface area contributed by atoms with Crippen molar-refractivity contribution < 1.29 is 14.4 Å². The van der Waals surface area contributed by atoms with Crippen LogP contribution in [0.4, 0.5) is 0 Å². The van der Waals surface area contributed by atoms with E-state index in [1.165, 1.54) is 5.57 Å². The first-order valence-corrected chi connectivity index (χ1v) is 9.95. The summed E-state index contributed by atoms with van der Waals surface area (Å²) in [5.74, 6) is -1.39. The van der Waals surface area contributed by atoms with Gasteiger partial charge >= 0.3 is 0 Å². The van der Waals surface area contributed by atoms with Crippen LogP contribution in [0.25, 0.3) is 0 Å². The molecule has 1 N–H and O–H groups in total. The number of imide groups is 1. The van der Waals surface area contributed by atoms with Crippen molar-refractivity contribution >= 4 is 17.7 Å². The van der Waals surface area contributed by atoms with E-state index in [1.54, 1.807) is 0 Å². The van der Waals surface area contributed by atoms with Gasteiger partial charge in [0.05, 0.1) is 17.8 Å². The third-order valence-corrected chi connectivity index (χ3v) is 6.38. The third-order valence-electron chi connectivity index (χ3n) is 6.38. The van der Waals surface area contributed by atoms with Crippen molar-refractivity contribution in [3.8, 4) is 0 Å². The number of carbonyl (C=O) groups is 3. The summed E-state index contributed by atoms with van der Waals surface area (Å²) in [6, 6.07) is 10.0. The maximum absolute atomic E-state index is 13.1. The topological polar surface area (TPSA) is 66.5 Å². The van der Waals surface area contributed by atoms with E-state index in [4.69, 9.17) is 0 Å². The van der Waals surface area contributed by atoms with E-state index in [9.17, 15) is 14.4 Å². The van der Waals surface area contributed by atoms with Crippen molar-refractivity contribution in [2.75, 3.05) is 0 Å². The Morgan fingerprint density at radius 2 is 1.63 bits per heavy atom. The molecule has 27 heavy (non-hydrogen) atoms. The number of nitrogens with one attached hydrogen (secondary N) is 1. The van der Waals surface area contributed by atoms with Crippen LogP contribution in [0, 0.1) is 17.8 Å². The van der Waals surface area contributed by atoms with Gasteiger partial charge in [-0.3, -0.25) is 19.8 Å². The number of hydrogen-bond donors (Lipinski definition) is 1. The van der Waals surface area contributed by atoms with Crippen molar-refractivity contribution in [1.82, 2.24) is 10.4 Å². The maximum atomic E-state index is 13.1. The zero-order chi connectivity index (χ0) is 19.0. The van der Waals surface area contributed by atoms with E-state index in [0.29, 0.717) is 6.42 Å². The van der Waals surface area contributed by atoms with Crippen LogP contribution in [0.15, 0.2) is 42.0 Å².